The van der Waals surface area contributed by atoms with E-state index in [1.165, 1.54) is 12.1 Å². The molecule has 0 radical (unpaired) electrons. The van der Waals surface area contributed by atoms with Gasteiger partial charge in [0.1, 0.15) is 17.4 Å². The second kappa shape index (κ2) is 4.92. The number of nitrogens with zero attached hydrogens (tertiary/aromatic N) is 3. The average molecular weight is 263 g/mol. The third kappa shape index (κ3) is 2.79. The number of pyridine rings is 1. The molecule has 2 aromatic heterocycles. The molecule has 0 saturated carbocycles. The van der Waals surface area contributed by atoms with Crippen LogP contribution in [0.15, 0.2) is 16.7 Å². The number of nitrogens with one attached hydrogen (secondary N) is 1. The van der Waals surface area contributed by atoms with Crippen molar-refractivity contribution in [3.8, 4) is 0 Å². The molecule has 0 aliphatic carbocycles. The molecule has 0 spiro atoms. The van der Waals surface area contributed by atoms with Crippen molar-refractivity contribution in [1.29, 1.82) is 0 Å². The minimum Gasteiger partial charge on any atom is -0.383 e. The van der Waals surface area contributed by atoms with Crippen molar-refractivity contribution >= 4 is 17.3 Å². The first-order valence-electron chi connectivity index (χ1n) is 5.55. The Morgan fingerprint density at radius 3 is 2.79 bits per heavy atom. The fraction of sp³-hybridized carbons (Fsp3) is 0.273. The first-order valence-corrected chi connectivity index (χ1v) is 5.55. The van der Waals surface area contributed by atoms with E-state index in [1.54, 1.807) is 6.92 Å². The number of rotatable bonds is 4. The van der Waals surface area contributed by atoms with Crippen molar-refractivity contribution in [2.75, 3.05) is 11.1 Å². The third-order valence-electron chi connectivity index (χ3n) is 2.67. The summed E-state index contributed by atoms with van der Waals surface area (Å²) in [5.74, 6) is 1.13. The van der Waals surface area contributed by atoms with E-state index < -0.39 is 4.92 Å². The fourth-order valence-electron chi connectivity index (χ4n) is 1.67. The highest BCUT2D eigenvalue weighted by atomic mass is 16.6. The standard InChI is InChI=1S/C11H13N5O3/c1-6-9(7(2)19-15-6)5-13-11-4-8(16(17)18)3-10(12)14-11/h3-4H,5H2,1-2H3,(H3,12,13,14). The number of nitro groups is 1. The van der Waals surface area contributed by atoms with E-state index in [9.17, 15) is 10.1 Å². The zero-order chi connectivity index (χ0) is 14.0. The summed E-state index contributed by atoms with van der Waals surface area (Å²) in [5.41, 5.74) is 7.08. The van der Waals surface area contributed by atoms with Crippen LogP contribution in [0.2, 0.25) is 0 Å². The molecule has 2 rings (SSSR count). The topological polar surface area (TPSA) is 120 Å². The minimum absolute atomic E-state index is 0.0930. The van der Waals surface area contributed by atoms with Gasteiger partial charge in [0.2, 0.25) is 0 Å². The third-order valence-corrected chi connectivity index (χ3v) is 2.67. The van der Waals surface area contributed by atoms with Gasteiger partial charge >= 0.3 is 0 Å². The molecule has 0 amide bonds. The average Bonchev–Trinajstić information content (AvgIpc) is 2.66. The number of hydrogen-bond donors (Lipinski definition) is 2. The molecule has 0 saturated heterocycles. The van der Waals surface area contributed by atoms with Crippen molar-refractivity contribution in [1.82, 2.24) is 10.1 Å². The van der Waals surface area contributed by atoms with E-state index in [1.807, 2.05) is 6.92 Å². The number of nitrogen functional groups attached to an aromatic ring is 1. The number of aromatic nitrogens is 2. The van der Waals surface area contributed by atoms with Crippen LogP contribution in [0.3, 0.4) is 0 Å². The lowest BCUT2D eigenvalue weighted by Crippen LogP contribution is -2.05. The molecule has 2 aromatic rings. The second-order valence-corrected chi connectivity index (χ2v) is 4.05. The lowest BCUT2D eigenvalue weighted by molar-refractivity contribution is -0.384. The molecule has 0 fully saturated rings. The van der Waals surface area contributed by atoms with Crippen LogP contribution < -0.4 is 11.1 Å². The molecule has 0 aliphatic heterocycles. The van der Waals surface area contributed by atoms with Crippen molar-refractivity contribution in [3.05, 3.63) is 39.3 Å². The van der Waals surface area contributed by atoms with Crippen molar-refractivity contribution in [2.45, 2.75) is 20.4 Å². The van der Waals surface area contributed by atoms with Gasteiger partial charge in [-0.15, -0.1) is 0 Å². The monoisotopic (exact) mass is 263 g/mol. The van der Waals surface area contributed by atoms with Gasteiger partial charge in [0, 0.05) is 12.1 Å². The molecule has 100 valence electrons. The molecule has 19 heavy (non-hydrogen) atoms. The van der Waals surface area contributed by atoms with E-state index >= 15 is 0 Å². The van der Waals surface area contributed by atoms with Gasteiger partial charge in [0.15, 0.2) is 0 Å². The molecular weight excluding hydrogens is 250 g/mol. The summed E-state index contributed by atoms with van der Waals surface area (Å²) >= 11 is 0. The molecular formula is C11H13N5O3. The summed E-state index contributed by atoms with van der Waals surface area (Å²) in [4.78, 5) is 14.2. The first kappa shape index (κ1) is 12.8. The SMILES string of the molecule is Cc1noc(C)c1CNc1cc([N+](=O)[O-])cc(N)n1. The van der Waals surface area contributed by atoms with Crippen molar-refractivity contribution < 1.29 is 9.45 Å². The molecule has 0 aliphatic rings. The Bertz CT molecular complexity index is 603. The van der Waals surface area contributed by atoms with Gasteiger partial charge < -0.3 is 15.6 Å². The fourth-order valence-corrected chi connectivity index (χ4v) is 1.67. The highest BCUT2D eigenvalue weighted by Gasteiger charge is 2.12. The van der Waals surface area contributed by atoms with Crippen molar-refractivity contribution in [3.63, 3.8) is 0 Å². The van der Waals surface area contributed by atoms with E-state index in [0.717, 1.165) is 11.3 Å². The maximum absolute atomic E-state index is 10.7. The smallest absolute Gasteiger partial charge is 0.276 e. The lowest BCUT2D eigenvalue weighted by atomic mass is 10.2. The second-order valence-electron chi connectivity index (χ2n) is 4.05. The summed E-state index contributed by atoms with van der Waals surface area (Å²) in [7, 11) is 0. The highest BCUT2D eigenvalue weighted by molar-refractivity contribution is 5.53. The zero-order valence-corrected chi connectivity index (χ0v) is 10.5. The highest BCUT2D eigenvalue weighted by Crippen LogP contribution is 2.20. The summed E-state index contributed by atoms with van der Waals surface area (Å²) in [6.45, 7) is 4.03. The predicted octanol–water partition coefficient (Wildman–Crippen LogP) is 1.79. The van der Waals surface area contributed by atoms with Gasteiger partial charge in [-0.1, -0.05) is 5.16 Å². The van der Waals surface area contributed by atoms with Crippen LogP contribution in [0.25, 0.3) is 0 Å². The van der Waals surface area contributed by atoms with Crippen LogP contribution in [0.5, 0.6) is 0 Å². The van der Waals surface area contributed by atoms with E-state index in [2.05, 4.69) is 15.5 Å². The summed E-state index contributed by atoms with van der Waals surface area (Å²) < 4.78 is 5.03. The largest absolute Gasteiger partial charge is 0.383 e. The Morgan fingerprint density at radius 1 is 1.47 bits per heavy atom. The Morgan fingerprint density at radius 2 is 2.21 bits per heavy atom. The molecule has 0 bridgehead atoms. The maximum atomic E-state index is 10.7. The van der Waals surface area contributed by atoms with Gasteiger partial charge in [-0.05, 0) is 13.8 Å². The maximum Gasteiger partial charge on any atom is 0.276 e. The lowest BCUT2D eigenvalue weighted by Gasteiger charge is -2.05. The van der Waals surface area contributed by atoms with Crippen molar-refractivity contribution in [2.24, 2.45) is 0 Å². The van der Waals surface area contributed by atoms with Gasteiger partial charge in [-0.3, -0.25) is 10.1 Å². The predicted molar refractivity (Wildman–Crippen MR) is 68.6 cm³/mol. The number of nitrogens with two attached hydrogens (primary N) is 1. The van der Waals surface area contributed by atoms with Gasteiger partial charge in [0.25, 0.3) is 5.69 Å². The Hall–Kier alpha value is -2.64. The molecule has 0 unspecified atom stereocenters. The molecule has 0 atom stereocenters. The quantitative estimate of drug-likeness (QED) is 0.637. The first-order chi connectivity index (χ1) is 8.97. The van der Waals surface area contributed by atoms with E-state index in [4.69, 9.17) is 10.3 Å². The molecule has 8 heteroatoms. The van der Waals surface area contributed by atoms with Crippen LogP contribution in [0.1, 0.15) is 17.0 Å². The Balaban J connectivity index is 2.18. The van der Waals surface area contributed by atoms with Crippen LogP contribution in [-0.4, -0.2) is 15.1 Å². The van der Waals surface area contributed by atoms with Crippen LogP contribution in [-0.2, 0) is 6.54 Å². The summed E-state index contributed by atoms with van der Waals surface area (Å²) in [6, 6.07) is 2.54. The number of anilines is 2. The van der Waals surface area contributed by atoms with Crippen LogP contribution in [0.4, 0.5) is 17.3 Å². The minimum atomic E-state index is -0.515. The number of aryl methyl sites for hydroxylation is 2. The van der Waals surface area contributed by atoms with Crippen LogP contribution in [0, 0.1) is 24.0 Å². The van der Waals surface area contributed by atoms with Gasteiger partial charge in [-0.25, -0.2) is 4.98 Å². The molecule has 2 heterocycles. The molecule has 0 aromatic carbocycles. The summed E-state index contributed by atoms with van der Waals surface area (Å²) in [6.07, 6.45) is 0. The van der Waals surface area contributed by atoms with E-state index in [-0.39, 0.29) is 11.5 Å². The Labute approximate surface area is 108 Å². The Kier molecular flexibility index (Phi) is 3.32. The molecule has 8 nitrogen and oxygen atoms in total. The number of hydrogen-bond acceptors (Lipinski definition) is 7. The van der Waals surface area contributed by atoms with E-state index in [0.29, 0.717) is 18.1 Å². The normalized spacial score (nSPS) is 10.4. The van der Waals surface area contributed by atoms with Gasteiger partial charge in [0.05, 0.1) is 22.7 Å². The zero-order valence-electron chi connectivity index (χ0n) is 10.5. The summed E-state index contributed by atoms with van der Waals surface area (Å²) in [5, 5.41) is 17.5. The molecule has 3 N–H and O–H groups in total. The van der Waals surface area contributed by atoms with Gasteiger partial charge in [-0.2, -0.15) is 0 Å². The van der Waals surface area contributed by atoms with Crippen LogP contribution >= 0.6 is 0 Å².